The second-order valence-electron chi connectivity index (χ2n) is 2.99. The molecule has 0 aliphatic carbocycles. The van der Waals surface area contributed by atoms with Crippen LogP contribution in [0.1, 0.15) is 6.92 Å². The molecule has 1 aromatic heterocycles. The summed E-state index contributed by atoms with van der Waals surface area (Å²) in [6.45, 7) is 3.80. The first kappa shape index (κ1) is 11.5. The van der Waals surface area contributed by atoms with Gasteiger partial charge in [-0.1, -0.05) is 0 Å². The molecule has 1 amide bonds. The minimum absolute atomic E-state index is 0.0993. The van der Waals surface area contributed by atoms with Crippen LogP contribution < -0.4 is 11.1 Å². The van der Waals surface area contributed by atoms with Crippen molar-refractivity contribution in [1.82, 2.24) is 15.1 Å². The molecule has 84 valence electrons. The average molecular weight is 212 g/mol. The van der Waals surface area contributed by atoms with Crippen molar-refractivity contribution in [1.29, 1.82) is 0 Å². The van der Waals surface area contributed by atoms with Gasteiger partial charge in [0.25, 0.3) is 0 Å². The minimum Gasteiger partial charge on any atom is -0.382 e. The van der Waals surface area contributed by atoms with E-state index in [4.69, 9.17) is 10.5 Å². The van der Waals surface area contributed by atoms with Gasteiger partial charge in [-0.15, -0.1) is 0 Å². The molecule has 0 aliphatic rings. The third kappa shape index (κ3) is 4.46. The summed E-state index contributed by atoms with van der Waals surface area (Å²) in [4.78, 5) is 11.3. The Kier molecular flexibility index (Phi) is 4.62. The Morgan fingerprint density at radius 2 is 2.53 bits per heavy atom. The molecule has 1 heterocycles. The molecule has 0 spiro atoms. The van der Waals surface area contributed by atoms with E-state index in [1.165, 1.54) is 4.68 Å². The lowest BCUT2D eigenvalue weighted by Gasteiger charge is -2.04. The molecule has 0 aliphatic heterocycles. The van der Waals surface area contributed by atoms with E-state index in [9.17, 15) is 4.79 Å². The van der Waals surface area contributed by atoms with Gasteiger partial charge in [0, 0.05) is 19.3 Å². The Bertz CT molecular complexity index is 311. The van der Waals surface area contributed by atoms with E-state index in [2.05, 4.69) is 10.4 Å². The molecule has 1 aromatic rings. The number of nitrogens with two attached hydrogens (primary N) is 1. The number of nitrogens with one attached hydrogen (secondary N) is 1. The average Bonchev–Trinajstić information content (AvgIpc) is 2.59. The van der Waals surface area contributed by atoms with Crippen LogP contribution >= 0.6 is 0 Å². The Hall–Kier alpha value is -1.56. The second-order valence-corrected chi connectivity index (χ2v) is 2.99. The van der Waals surface area contributed by atoms with Gasteiger partial charge in [0.15, 0.2) is 0 Å². The number of ether oxygens (including phenoxy) is 1. The summed E-state index contributed by atoms with van der Waals surface area (Å²) in [6, 6.07) is 1.65. The molecule has 0 atom stereocenters. The number of hydrogen-bond donors (Lipinski definition) is 2. The van der Waals surface area contributed by atoms with Crippen molar-refractivity contribution in [3.05, 3.63) is 12.3 Å². The fraction of sp³-hybridized carbons (Fsp3) is 0.556. The number of anilines is 1. The van der Waals surface area contributed by atoms with E-state index < -0.39 is 0 Å². The first-order valence-electron chi connectivity index (χ1n) is 4.85. The van der Waals surface area contributed by atoms with Crippen molar-refractivity contribution in [2.24, 2.45) is 0 Å². The molecule has 0 fully saturated rings. The maximum absolute atomic E-state index is 11.3. The van der Waals surface area contributed by atoms with E-state index in [-0.39, 0.29) is 12.5 Å². The van der Waals surface area contributed by atoms with Crippen molar-refractivity contribution in [2.75, 3.05) is 25.5 Å². The number of hydrogen-bond acceptors (Lipinski definition) is 4. The van der Waals surface area contributed by atoms with Crippen LogP contribution in [0.4, 0.5) is 5.82 Å². The summed E-state index contributed by atoms with van der Waals surface area (Å²) < 4.78 is 6.57. The number of rotatable bonds is 6. The van der Waals surface area contributed by atoms with Gasteiger partial charge in [-0.05, 0) is 13.0 Å². The van der Waals surface area contributed by atoms with E-state index >= 15 is 0 Å². The predicted octanol–water partition coefficient (Wildman–Crippen LogP) is -0.382. The van der Waals surface area contributed by atoms with E-state index in [1.54, 1.807) is 12.3 Å². The zero-order valence-electron chi connectivity index (χ0n) is 8.77. The topological polar surface area (TPSA) is 82.2 Å². The summed E-state index contributed by atoms with van der Waals surface area (Å²) in [5.41, 5.74) is 5.41. The molecule has 6 heteroatoms. The minimum atomic E-state index is -0.0993. The fourth-order valence-electron chi connectivity index (χ4n) is 1.08. The molecular weight excluding hydrogens is 196 g/mol. The molecular formula is C9H16N4O2. The van der Waals surface area contributed by atoms with E-state index in [0.29, 0.717) is 25.6 Å². The predicted molar refractivity (Wildman–Crippen MR) is 56.1 cm³/mol. The van der Waals surface area contributed by atoms with Crippen LogP contribution in [-0.4, -0.2) is 35.4 Å². The van der Waals surface area contributed by atoms with Crippen molar-refractivity contribution < 1.29 is 9.53 Å². The third-order valence-electron chi connectivity index (χ3n) is 1.74. The molecule has 0 radical (unpaired) electrons. The van der Waals surface area contributed by atoms with Gasteiger partial charge in [0.1, 0.15) is 12.4 Å². The molecule has 6 nitrogen and oxygen atoms in total. The summed E-state index contributed by atoms with van der Waals surface area (Å²) in [7, 11) is 0. The van der Waals surface area contributed by atoms with Gasteiger partial charge in [0.2, 0.25) is 5.91 Å². The molecule has 0 bridgehead atoms. The van der Waals surface area contributed by atoms with Crippen LogP contribution in [0, 0.1) is 0 Å². The van der Waals surface area contributed by atoms with Crippen molar-refractivity contribution in [3.8, 4) is 0 Å². The van der Waals surface area contributed by atoms with Crippen molar-refractivity contribution in [2.45, 2.75) is 13.5 Å². The van der Waals surface area contributed by atoms with Gasteiger partial charge in [-0.3, -0.25) is 9.48 Å². The maximum Gasteiger partial charge on any atom is 0.241 e. The Labute approximate surface area is 88.4 Å². The lowest BCUT2D eigenvalue weighted by atomic mass is 10.5. The Morgan fingerprint density at radius 3 is 3.13 bits per heavy atom. The summed E-state index contributed by atoms with van der Waals surface area (Å²) in [5.74, 6) is 0.315. The lowest BCUT2D eigenvalue weighted by molar-refractivity contribution is -0.122. The number of nitrogen functional groups attached to an aromatic ring is 1. The summed E-state index contributed by atoms with van der Waals surface area (Å²) >= 11 is 0. The first-order chi connectivity index (χ1) is 7.22. The third-order valence-corrected chi connectivity index (χ3v) is 1.74. The number of carbonyl (C=O) groups is 1. The molecule has 0 saturated carbocycles. The van der Waals surface area contributed by atoms with E-state index in [0.717, 1.165) is 0 Å². The number of amides is 1. The van der Waals surface area contributed by atoms with Crippen LogP contribution in [0.25, 0.3) is 0 Å². The van der Waals surface area contributed by atoms with Crippen molar-refractivity contribution in [3.63, 3.8) is 0 Å². The van der Waals surface area contributed by atoms with Crippen LogP contribution in [-0.2, 0) is 16.1 Å². The van der Waals surface area contributed by atoms with Gasteiger partial charge in [-0.2, -0.15) is 5.10 Å². The molecule has 15 heavy (non-hydrogen) atoms. The Morgan fingerprint density at radius 1 is 1.73 bits per heavy atom. The first-order valence-corrected chi connectivity index (χ1v) is 4.85. The van der Waals surface area contributed by atoms with Gasteiger partial charge < -0.3 is 15.8 Å². The normalized spacial score (nSPS) is 10.2. The quantitative estimate of drug-likeness (QED) is 0.630. The maximum atomic E-state index is 11.3. The molecule has 0 saturated heterocycles. The zero-order chi connectivity index (χ0) is 11.1. The van der Waals surface area contributed by atoms with E-state index in [1.807, 2.05) is 6.92 Å². The number of carbonyl (C=O) groups excluding carboxylic acids is 1. The second kappa shape index (κ2) is 6.02. The highest BCUT2D eigenvalue weighted by atomic mass is 16.5. The largest absolute Gasteiger partial charge is 0.382 e. The SMILES string of the molecule is CCOCCNC(=O)Cn1ccc(N)n1. The summed E-state index contributed by atoms with van der Waals surface area (Å²) in [5, 5.41) is 6.61. The molecule has 1 rings (SSSR count). The van der Waals surface area contributed by atoms with Gasteiger partial charge in [-0.25, -0.2) is 0 Å². The summed E-state index contributed by atoms with van der Waals surface area (Å²) in [6.07, 6.45) is 1.66. The monoisotopic (exact) mass is 212 g/mol. The number of nitrogens with zero attached hydrogens (tertiary/aromatic N) is 2. The highest BCUT2D eigenvalue weighted by molar-refractivity contribution is 5.75. The highest BCUT2D eigenvalue weighted by Crippen LogP contribution is 1.94. The van der Waals surface area contributed by atoms with Crippen LogP contribution in [0.15, 0.2) is 12.3 Å². The number of aromatic nitrogens is 2. The molecule has 0 unspecified atom stereocenters. The fourth-order valence-corrected chi connectivity index (χ4v) is 1.08. The van der Waals surface area contributed by atoms with Crippen LogP contribution in [0.2, 0.25) is 0 Å². The molecule has 3 N–H and O–H groups in total. The van der Waals surface area contributed by atoms with Crippen molar-refractivity contribution >= 4 is 11.7 Å². The van der Waals surface area contributed by atoms with Gasteiger partial charge in [0.05, 0.1) is 6.61 Å². The van der Waals surface area contributed by atoms with Gasteiger partial charge >= 0.3 is 0 Å². The van der Waals surface area contributed by atoms with Crippen LogP contribution in [0.5, 0.6) is 0 Å². The standard InChI is InChI=1S/C9H16N4O2/c1-2-15-6-4-11-9(14)7-13-5-3-8(10)12-13/h3,5H,2,4,6-7H2,1H3,(H2,10,12)(H,11,14). The smallest absolute Gasteiger partial charge is 0.241 e. The molecule has 0 aromatic carbocycles. The zero-order valence-corrected chi connectivity index (χ0v) is 8.77. The van der Waals surface area contributed by atoms with Crippen LogP contribution in [0.3, 0.4) is 0 Å². The highest BCUT2D eigenvalue weighted by Gasteiger charge is 2.02. The Balaban J connectivity index is 2.18. The lowest BCUT2D eigenvalue weighted by Crippen LogP contribution is -2.30.